The third-order valence-corrected chi connectivity index (χ3v) is 4.48. The zero-order valence-electron chi connectivity index (χ0n) is 11.1. The second-order valence-electron chi connectivity index (χ2n) is 5.54. The molecular formula is C13H23N3O2. The Balaban J connectivity index is 2.00. The topological polar surface area (TPSA) is 75.4 Å². The molecule has 2 amide bonds. The Morgan fingerprint density at radius 3 is 2.61 bits per heavy atom. The average Bonchev–Trinajstić information content (AvgIpc) is 2.37. The maximum Gasteiger partial charge on any atom is 0.230 e. The van der Waals surface area contributed by atoms with Crippen LogP contribution in [0.4, 0.5) is 0 Å². The summed E-state index contributed by atoms with van der Waals surface area (Å²) in [6.45, 7) is 1.77. The van der Waals surface area contributed by atoms with Crippen LogP contribution in [0.2, 0.25) is 0 Å². The van der Waals surface area contributed by atoms with E-state index in [1.165, 1.54) is 0 Å². The number of amides is 2. The highest BCUT2D eigenvalue weighted by Gasteiger charge is 2.46. The van der Waals surface area contributed by atoms with Gasteiger partial charge in [0.15, 0.2) is 0 Å². The third kappa shape index (κ3) is 2.23. The SMILES string of the molecule is CNC(=O)C1CCCN(C(=O)C2(CN)CCC2)C1. The van der Waals surface area contributed by atoms with Gasteiger partial charge in [0.25, 0.3) is 0 Å². The highest BCUT2D eigenvalue weighted by Crippen LogP contribution is 2.42. The van der Waals surface area contributed by atoms with E-state index < -0.39 is 0 Å². The summed E-state index contributed by atoms with van der Waals surface area (Å²) in [6.07, 6.45) is 4.69. The molecule has 1 atom stereocenters. The van der Waals surface area contributed by atoms with Crippen molar-refractivity contribution in [2.75, 3.05) is 26.7 Å². The Morgan fingerprint density at radius 1 is 1.39 bits per heavy atom. The Hall–Kier alpha value is -1.10. The van der Waals surface area contributed by atoms with Gasteiger partial charge in [-0.15, -0.1) is 0 Å². The van der Waals surface area contributed by atoms with Crippen molar-refractivity contribution in [3.8, 4) is 0 Å². The number of carbonyl (C=O) groups is 2. The van der Waals surface area contributed by atoms with E-state index >= 15 is 0 Å². The molecule has 0 aromatic rings. The summed E-state index contributed by atoms with van der Waals surface area (Å²) in [5.41, 5.74) is 5.46. The summed E-state index contributed by atoms with van der Waals surface area (Å²) in [6, 6.07) is 0. The van der Waals surface area contributed by atoms with E-state index in [0.717, 1.165) is 38.6 Å². The van der Waals surface area contributed by atoms with Crippen molar-refractivity contribution in [2.24, 2.45) is 17.1 Å². The number of nitrogens with two attached hydrogens (primary N) is 1. The van der Waals surface area contributed by atoms with E-state index in [0.29, 0.717) is 13.1 Å². The lowest BCUT2D eigenvalue weighted by molar-refractivity contribution is -0.149. The predicted molar refractivity (Wildman–Crippen MR) is 68.7 cm³/mol. The molecule has 3 N–H and O–H groups in total. The largest absolute Gasteiger partial charge is 0.359 e. The highest BCUT2D eigenvalue weighted by molar-refractivity contribution is 5.85. The number of nitrogens with zero attached hydrogens (tertiary/aromatic N) is 1. The van der Waals surface area contributed by atoms with Crippen LogP contribution in [0, 0.1) is 11.3 Å². The first-order valence-electron chi connectivity index (χ1n) is 6.84. The van der Waals surface area contributed by atoms with Crippen LogP contribution >= 0.6 is 0 Å². The standard InChI is InChI=1S/C13H23N3O2/c1-15-11(17)10-4-2-7-16(8-10)12(18)13(9-14)5-3-6-13/h10H,2-9,14H2,1H3,(H,15,17). The van der Waals surface area contributed by atoms with E-state index in [2.05, 4.69) is 5.32 Å². The Labute approximate surface area is 108 Å². The van der Waals surface area contributed by atoms with Crippen LogP contribution in [0.3, 0.4) is 0 Å². The minimum Gasteiger partial charge on any atom is -0.359 e. The molecule has 2 aliphatic rings. The summed E-state index contributed by atoms with van der Waals surface area (Å²) in [5.74, 6) is 0.162. The van der Waals surface area contributed by atoms with Gasteiger partial charge in [0.1, 0.15) is 0 Å². The smallest absolute Gasteiger partial charge is 0.230 e. The zero-order chi connectivity index (χ0) is 13.2. The fourth-order valence-electron chi connectivity index (χ4n) is 3.02. The van der Waals surface area contributed by atoms with Crippen LogP contribution in [0.15, 0.2) is 0 Å². The summed E-state index contributed by atoms with van der Waals surface area (Å²) in [4.78, 5) is 26.0. The van der Waals surface area contributed by atoms with E-state index in [1.54, 1.807) is 7.05 Å². The summed E-state index contributed by atoms with van der Waals surface area (Å²) >= 11 is 0. The monoisotopic (exact) mass is 253 g/mol. The van der Waals surface area contributed by atoms with Gasteiger partial charge in [-0.25, -0.2) is 0 Å². The second kappa shape index (κ2) is 5.26. The van der Waals surface area contributed by atoms with Gasteiger partial charge in [-0.2, -0.15) is 0 Å². The first kappa shape index (κ1) is 13.3. The first-order valence-corrected chi connectivity index (χ1v) is 6.84. The quantitative estimate of drug-likeness (QED) is 0.749. The maximum absolute atomic E-state index is 12.5. The third-order valence-electron chi connectivity index (χ3n) is 4.48. The second-order valence-corrected chi connectivity index (χ2v) is 5.54. The molecule has 1 aliphatic heterocycles. The molecule has 0 aromatic heterocycles. The number of carbonyl (C=O) groups excluding carboxylic acids is 2. The molecule has 102 valence electrons. The summed E-state index contributed by atoms with van der Waals surface area (Å²) < 4.78 is 0. The van der Waals surface area contributed by atoms with Crippen LogP contribution in [0.5, 0.6) is 0 Å². The molecule has 0 spiro atoms. The number of nitrogens with one attached hydrogen (secondary N) is 1. The van der Waals surface area contributed by atoms with Crippen molar-refractivity contribution < 1.29 is 9.59 Å². The van der Waals surface area contributed by atoms with Gasteiger partial charge in [-0.3, -0.25) is 9.59 Å². The van der Waals surface area contributed by atoms with Crippen molar-refractivity contribution >= 4 is 11.8 Å². The minimum atomic E-state index is -0.315. The molecule has 1 aliphatic carbocycles. The normalized spacial score (nSPS) is 26.3. The van der Waals surface area contributed by atoms with Gasteiger partial charge in [0, 0.05) is 26.7 Å². The maximum atomic E-state index is 12.5. The van der Waals surface area contributed by atoms with Crippen LogP contribution in [-0.4, -0.2) is 43.4 Å². The molecule has 0 bridgehead atoms. The molecule has 1 saturated heterocycles. The molecule has 1 unspecified atom stereocenters. The Morgan fingerprint density at radius 2 is 2.11 bits per heavy atom. The van der Waals surface area contributed by atoms with Crippen molar-refractivity contribution in [2.45, 2.75) is 32.1 Å². The van der Waals surface area contributed by atoms with Crippen LogP contribution in [0.25, 0.3) is 0 Å². The van der Waals surface area contributed by atoms with Gasteiger partial charge in [-0.1, -0.05) is 6.42 Å². The number of piperidine rings is 1. The minimum absolute atomic E-state index is 0.0444. The van der Waals surface area contributed by atoms with Crippen molar-refractivity contribution in [1.29, 1.82) is 0 Å². The lowest BCUT2D eigenvalue weighted by Crippen LogP contribution is -2.55. The highest BCUT2D eigenvalue weighted by atomic mass is 16.2. The van der Waals surface area contributed by atoms with E-state index in [-0.39, 0.29) is 23.1 Å². The molecule has 0 radical (unpaired) electrons. The Kier molecular flexibility index (Phi) is 3.90. The molecule has 1 heterocycles. The molecule has 18 heavy (non-hydrogen) atoms. The van der Waals surface area contributed by atoms with Crippen LogP contribution in [0.1, 0.15) is 32.1 Å². The molecule has 2 rings (SSSR count). The van der Waals surface area contributed by atoms with Crippen LogP contribution < -0.4 is 11.1 Å². The molecule has 5 nitrogen and oxygen atoms in total. The van der Waals surface area contributed by atoms with Crippen molar-refractivity contribution in [3.63, 3.8) is 0 Å². The first-order chi connectivity index (χ1) is 8.63. The van der Waals surface area contributed by atoms with Gasteiger partial charge in [0.2, 0.25) is 11.8 Å². The fraction of sp³-hybridized carbons (Fsp3) is 0.846. The van der Waals surface area contributed by atoms with Gasteiger partial charge < -0.3 is 16.0 Å². The lowest BCUT2D eigenvalue weighted by Gasteiger charge is -2.44. The number of likely N-dealkylation sites (tertiary alicyclic amines) is 1. The van der Waals surface area contributed by atoms with Gasteiger partial charge in [-0.05, 0) is 25.7 Å². The zero-order valence-corrected chi connectivity index (χ0v) is 11.1. The summed E-state index contributed by atoms with van der Waals surface area (Å²) in [7, 11) is 1.65. The fourth-order valence-corrected chi connectivity index (χ4v) is 3.02. The predicted octanol–water partition coefficient (Wildman–Crippen LogP) is 0.100. The number of hydrogen-bond donors (Lipinski definition) is 2. The number of rotatable bonds is 3. The van der Waals surface area contributed by atoms with E-state index in [1.807, 2.05) is 4.90 Å². The molecule has 0 aromatic carbocycles. The molecule has 1 saturated carbocycles. The average molecular weight is 253 g/mol. The van der Waals surface area contributed by atoms with Crippen molar-refractivity contribution in [3.05, 3.63) is 0 Å². The molecular weight excluding hydrogens is 230 g/mol. The van der Waals surface area contributed by atoms with E-state index in [4.69, 9.17) is 5.73 Å². The molecule has 2 fully saturated rings. The lowest BCUT2D eigenvalue weighted by atomic mass is 9.67. The Bertz CT molecular complexity index is 334. The summed E-state index contributed by atoms with van der Waals surface area (Å²) in [5, 5.41) is 2.67. The van der Waals surface area contributed by atoms with Gasteiger partial charge in [0.05, 0.1) is 11.3 Å². The van der Waals surface area contributed by atoms with Crippen LogP contribution in [-0.2, 0) is 9.59 Å². The number of hydrogen-bond acceptors (Lipinski definition) is 3. The van der Waals surface area contributed by atoms with Crippen molar-refractivity contribution in [1.82, 2.24) is 10.2 Å². The van der Waals surface area contributed by atoms with Gasteiger partial charge >= 0.3 is 0 Å². The van der Waals surface area contributed by atoms with E-state index in [9.17, 15) is 9.59 Å². The molecule has 5 heteroatoms.